The van der Waals surface area contributed by atoms with Crippen molar-refractivity contribution in [2.75, 3.05) is 29.9 Å². The van der Waals surface area contributed by atoms with E-state index in [1.807, 2.05) is 0 Å². The van der Waals surface area contributed by atoms with Crippen LogP contribution in [0.2, 0.25) is 0 Å². The third kappa shape index (κ3) is 3.32. The van der Waals surface area contributed by atoms with E-state index in [0.717, 1.165) is 43.4 Å². The summed E-state index contributed by atoms with van der Waals surface area (Å²) in [6.45, 7) is 7.20. The number of nitrogens with one attached hydrogen (secondary N) is 1. The molecule has 112 valence electrons. The van der Waals surface area contributed by atoms with Crippen LogP contribution in [0.5, 0.6) is 0 Å². The van der Waals surface area contributed by atoms with Crippen LogP contribution >= 0.6 is 11.3 Å². The van der Waals surface area contributed by atoms with E-state index in [1.54, 1.807) is 11.3 Å². The predicted molar refractivity (Wildman–Crippen MR) is 88.1 cm³/mol. The predicted octanol–water partition coefficient (Wildman–Crippen LogP) is 3.33. The third-order valence-electron chi connectivity index (χ3n) is 3.53. The number of hydrogen-bond donors (Lipinski definition) is 1. The molecule has 0 saturated carbocycles. The highest BCUT2D eigenvalue weighted by molar-refractivity contribution is 7.10. The molecule has 1 saturated heterocycles. The quantitative estimate of drug-likeness (QED) is 0.918. The molecule has 0 bridgehead atoms. The van der Waals surface area contributed by atoms with Crippen molar-refractivity contribution in [1.29, 1.82) is 0 Å². The Morgan fingerprint density at radius 2 is 2.05 bits per heavy atom. The van der Waals surface area contributed by atoms with Crippen LogP contribution in [-0.4, -0.2) is 34.6 Å². The Kier molecular flexibility index (Phi) is 4.34. The van der Waals surface area contributed by atoms with Gasteiger partial charge in [-0.1, -0.05) is 6.92 Å². The lowest BCUT2D eigenvalue weighted by molar-refractivity contribution is 0.873. The lowest BCUT2D eigenvalue weighted by Gasteiger charge is -2.16. The molecule has 0 atom stereocenters. The largest absolute Gasteiger partial charge is 0.354 e. The van der Waals surface area contributed by atoms with Gasteiger partial charge in [-0.3, -0.25) is 0 Å². The van der Waals surface area contributed by atoms with Gasteiger partial charge in [0.25, 0.3) is 0 Å². The van der Waals surface area contributed by atoms with E-state index in [0.29, 0.717) is 5.95 Å². The molecule has 1 aliphatic heterocycles. The Morgan fingerprint density at radius 1 is 1.24 bits per heavy atom. The lowest BCUT2D eigenvalue weighted by Crippen LogP contribution is -2.22. The van der Waals surface area contributed by atoms with Gasteiger partial charge in [0.15, 0.2) is 5.82 Å². The van der Waals surface area contributed by atoms with E-state index >= 15 is 0 Å². The van der Waals surface area contributed by atoms with Crippen molar-refractivity contribution >= 4 is 23.2 Å². The summed E-state index contributed by atoms with van der Waals surface area (Å²) in [7, 11) is 0. The van der Waals surface area contributed by atoms with Crippen molar-refractivity contribution in [2.45, 2.75) is 33.1 Å². The van der Waals surface area contributed by atoms with Gasteiger partial charge in [0.2, 0.25) is 11.9 Å². The minimum absolute atomic E-state index is 0.688. The van der Waals surface area contributed by atoms with Crippen LogP contribution in [0.3, 0.4) is 0 Å². The fourth-order valence-electron chi connectivity index (χ4n) is 2.43. The second kappa shape index (κ2) is 6.39. The van der Waals surface area contributed by atoms with E-state index < -0.39 is 0 Å². The average Bonchev–Trinajstić information content (AvgIpc) is 3.16. The van der Waals surface area contributed by atoms with Gasteiger partial charge in [-0.05, 0) is 32.3 Å². The molecule has 0 aliphatic carbocycles. The first-order valence-electron chi connectivity index (χ1n) is 7.56. The van der Waals surface area contributed by atoms with Gasteiger partial charge in [0.1, 0.15) is 0 Å². The zero-order chi connectivity index (χ0) is 14.7. The molecule has 0 unspecified atom stereocenters. The summed E-state index contributed by atoms with van der Waals surface area (Å²) in [6.07, 6.45) is 3.49. The van der Waals surface area contributed by atoms with E-state index in [4.69, 9.17) is 0 Å². The molecule has 3 rings (SSSR count). The van der Waals surface area contributed by atoms with Crippen LogP contribution in [0.15, 0.2) is 11.4 Å². The first-order chi connectivity index (χ1) is 10.3. The average molecular weight is 303 g/mol. The summed E-state index contributed by atoms with van der Waals surface area (Å²) in [4.78, 5) is 17.4. The molecule has 0 spiro atoms. The van der Waals surface area contributed by atoms with Crippen LogP contribution in [0.1, 0.15) is 31.1 Å². The van der Waals surface area contributed by atoms with Crippen molar-refractivity contribution in [2.24, 2.45) is 0 Å². The fourth-order valence-corrected chi connectivity index (χ4v) is 3.11. The topological polar surface area (TPSA) is 53.9 Å². The van der Waals surface area contributed by atoms with Crippen LogP contribution in [-0.2, 0) is 0 Å². The molecule has 2 aromatic heterocycles. The van der Waals surface area contributed by atoms with Crippen LogP contribution in [0.4, 0.5) is 11.9 Å². The first kappa shape index (κ1) is 14.3. The molecule has 0 amide bonds. The molecule has 5 nitrogen and oxygen atoms in total. The molecule has 3 heterocycles. The minimum Gasteiger partial charge on any atom is -0.354 e. The van der Waals surface area contributed by atoms with Gasteiger partial charge >= 0.3 is 0 Å². The second-order valence-corrected chi connectivity index (χ2v) is 6.46. The molecule has 1 aliphatic rings. The van der Waals surface area contributed by atoms with Crippen molar-refractivity contribution in [3.63, 3.8) is 0 Å². The van der Waals surface area contributed by atoms with Gasteiger partial charge in [0.05, 0.1) is 0 Å². The fraction of sp³-hybridized carbons (Fsp3) is 0.533. The molecule has 6 heteroatoms. The monoisotopic (exact) mass is 303 g/mol. The van der Waals surface area contributed by atoms with E-state index in [-0.39, 0.29) is 0 Å². The van der Waals surface area contributed by atoms with E-state index in [9.17, 15) is 0 Å². The standard InChI is InChI=1S/C15H21N5S/c1-3-6-16-14-17-13(12-9-11(2)21-10-12)18-15(19-14)20-7-4-5-8-20/h9-10H,3-8H2,1-2H3,(H,16,17,18,19). The van der Waals surface area contributed by atoms with Gasteiger partial charge in [-0.15, -0.1) is 11.3 Å². The Labute approximate surface area is 129 Å². The van der Waals surface area contributed by atoms with E-state index in [1.165, 1.54) is 17.7 Å². The maximum Gasteiger partial charge on any atom is 0.230 e. The smallest absolute Gasteiger partial charge is 0.230 e. The molecule has 1 N–H and O–H groups in total. The van der Waals surface area contributed by atoms with Crippen molar-refractivity contribution in [3.05, 3.63) is 16.3 Å². The van der Waals surface area contributed by atoms with Crippen molar-refractivity contribution in [1.82, 2.24) is 15.0 Å². The van der Waals surface area contributed by atoms with Gasteiger partial charge < -0.3 is 10.2 Å². The Balaban J connectivity index is 1.95. The molecule has 0 aromatic carbocycles. The summed E-state index contributed by atoms with van der Waals surface area (Å²) in [5.41, 5.74) is 1.08. The summed E-state index contributed by atoms with van der Waals surface area (Å²) >= 11 is 1.73. The number of aryl methyl sites for hydroxylation is 1. The van der Waals surface area contributed by atoms with Gasteiger partial charge in [-0.2, -0.15) is 15.0 Å². The highest BCUT2D eigenvalue weighted by Crippen LogP contribution is 2.25. The first-order valence-corrected chi connectivity index (χ1v) is 8.44. The third-order valence-corrected chi connectivity index (χ3v) is 4.40. The Bertz CT molecular complexity index is 604. The summed E-state index contributed by atoms with van der Waals surface area (Å²) in [5.74, 6) is 2.27. The van der Waals surface area contributed by atoms with Gasteiger partial charge in [0, 0.05) is 35.5 Å². The highest BCUT2D eigenvalue weighted by Gasteiger charge is 2.18. The molecule has 21 heavy (non-hydrogen) atoms. The van der Waals surface area contributed by atoms with Crippen molar-refractivity contribution in [3.8, 4) is 11.4 Å². The van der Waals surface area contributed by atoms with Crippen LogP contribution in [0.25, 0.3) is 11.4 Å². The second-order valence-electron chi connectivity index (χ2n) is 5.35. The number of nitrogens with zero attached hydrogens (tertiary/aromatic N) is 4. The van der Waals surface area contributed by atoms with Crippen LogP contribution < -0.4 is 10.2 Å². The van der Waals surface area contributed by atoms with Crippen molar-refractivity contribution < 1.29 is 0 Å². The SMILES string of the molecule is CCCNc1nc(-c2csc(C)c2)nc(N2CCCC2)n1. The van der Waals surface area contributed by atoms with E-state index in [2.05, 4.69) is 50.5 Å². The summed E-state index contributed by atoms with van der Waals surface area (Å²) in [5, 5.41) is 5.40. The highest BCUT2D eigenvalue weighted by atomic mass is 32.1. The molecule has 1 fully saturated rings. The minimum atomic E-state index is 0.688. The number of anilines is 2. The maximum atomic E-state index is 4.68. The summed E-state index contributed by atoms with van der Waals surface area (Å²) in [6, 6.07) is 2.14. The number of rotatable bonds is 5. The Hall–Kier alpha value is -1.69. The molecule has 2 aromatic rings. The maximum absolute atomic E-state index is 4.68. The normalized spacial score (nSPS) is 14.7. The number of thiophene rings is 1. The number of aromatic nitrogens is 3. The summed E-state index contributed by atoms with van der Waals surface area (Å²) < 4.78 is 0. The molecular weight excluding hydrogens is 282 g/mol. The molecule has 0 radical (unpaired) electrons. The Morgan fingerprint density at radius 3 is 2.71 bits per heavy atom. The zero-order valence-electron chi connectivity index (χ0n) is 12.6. The van der Waals surface area contributed by atoms with Crippen LogP contribution in [0, 0.1) is 6.92 Å². The molecular formula is C15H21N5S. The lowest BCUT2D eigenvalue weighted by atomic mass is 10.3. The number of hydrogen-bond acceptors (Lipinski definition) is 6. The van der Waals surface area contributed by atoms with Gasteiger partial charge in [-0.25, -0.2) is 0 Å². The zero-order valence-corrected chi connectivity index (χ0v) is 13.4.